The maximum absolute atomic E-state index is 12.7. The third kappa shape index (κ3) is 2.77. The highest BCUT2D eigenvalue weighted by Crippen LogP contribution is 2.30. The molecule has 0 radical (unpaired) electrons. The van der Waals surface area contributed by atoms with Crippen LogP contribution in [0.2, 0.25) is 0 Å². The maximum Gasteiger partial charge on any atom is 0.246 e. The van der Waals surface area contributed by atoms with E-state index in [4.69, 9.17) is 4.74 Å². The highest BCUT2D eigenvalue weighted by Gasteiger charge is 2.27. The molecule has 1 amide bonds. The number of piperazine rings is 1. The Balaban J connectivity index is 1.63. The van der Waals surface area contributed by atoms with Crippen molar-refractivity contribution in [3.8, 4) is 5.75 Å². The lowest BCUT2D eigenvalue weighted by Crippen LogP contribution is -2.50. The number of aryl methyl sites for hydroxylation is 1. The van der Waals surface area contributed by atoms with E-state index in [9.17, 15) is 4.79 Å². The third-order valence-corrected chi connectivity index (χ3v) is 4.49. The van der Waals surface area contributed by atoms with Gasteiger partial charge >= 0.3 is 0 Å². The minimum atomic E-state index is 0.0621. The van der Waals surface area contributed by atoms with Gasteiger partial charge in [0.1, 0.15) is 5.75 Å². The van der Waals surface area contributed by atoms with E-state index in [0.717, 1.165) is 34.6 Å². The highest BCUT2D eigenvalue weighted by molar-refractivity contribution is 6.00. The molecule has 2 aromatic heterocycles. The second-order valence-electron chi connectivity index (χ2n) is 6.05. The smallest absolute Gasteiger partial charge is 0.246 e. The number of hydrogen-bond acceptors (Lipinski definition) is 5. The Morgan fingerprint density at radius 3 is 2.80 bits per heavy atom. The number of fused-ring (bicyclic) bond motifs is 1. The predicted octanol–water partition coefficient (Wildman–Crippen LogP) is 1.83. The summed E-state index contributed by atoms with van der Waals surface area (Å²) in [5, 5.41) is 5.14. The monoisotopic (exact) mass is 337 g/mol. The number of aromatic nitrogens is 3. The zero-order valence-electron chi connectivity index (χ0n) is 14.2. The molecule has 0 spiro atoms. The van der Waals surface area contributed by atoms with E-state index in [1.165, 1.54) is 0 Å². The van der Waals surface area contributed by atoms with E-state index in [1.54, 1.807) is 29.1 Å². The summed E-state index contributed by atoms with van der Waals surface area (Å²) in [6.45, 7) is 1.69. The minimum absolute atomic E-state index is 0.0621. The number of carbonyl (C=O) groups excluding carboxylic acids is 1. The topological polar surface area (TPSA) is 63.5 Å². The van der Waals surface area contributed by atoms with E-state index >= 15 is 0 Å². The van der Waals surface area contributed by atoms with Crippen LogP contribution in [0, 0.1) is 0 Å². The van der Waals surface area contributed by atoms with Crippen molar-refractivity contribution >= 4 is 28.2 Å². The van der Waals surface area contributed by atoms with Crippen LogP contribution in [0.3, 0.4) is 0 Å². The molecule has 0 aliphatic carbocycles. The molecule has 0 atom stereocenters. The van der Waals surface area contributed by atoms with Gasteiger partial charge in [-0.2, -0.15) is 5.10 Å². The SMILES string of the molecule is COc1ccc2nccc(N3CCN(c4cnn(C)c4)C(=O)C3)c2c1. The Morgan fingerprint density at radius 2 is 2.08 bits per heavy atom. The zero-order valence-corrected chi connectivity index (χ0v) is 14.2. The number of hydrogen-bond donors (Lipinski definition) is 0. The number of nitrogens with zero attached hydrogens (tertiary/aromatic N) is 5. The average molecular weight is 337 g/mol. The van der Waals surface area contributed by atoms with Crippen molar-refractivity contribution in [1.29, 1.82) is 0 Å². The fourth-order valence-corrected chi connectivity index (χ4v) is 3.21. The molecule has 3 heterocycles. The van der Waals surface area contributed by atoms with Crippen LogP contribution in [0.15, 0.2) is 42.9 Å². The fraction of sp³-hybridized carbons (Fsp3) is 0.278. The average Bonchev–Trinajstić information content (AvgIpc) is 3.06. The summed E-state index contributed by atoms with van der Waals surface area (Å²) in [4.78, 5) is 20.9. The summed E-state index contributed by atoms with van der Waals surface area (Å²) in [5.74, 6) is 0.842. The van der Waals surface area contributed by atoms with Crippen molar-refractivity contribution in [1.82, 2.24) is 14.8 Å². The molecule has 3 aromatic rings. The molecule has 7 nitrogen and oxygen atoms in total. The van der Waals surface area contributed by atoms with Crippen LogP contribution in [-0.4, -0.2) is 47.4 Å². The number of amides is 1. The second kappa shape index (κ2) is 6.08. The van der Waals surface area contributed by atoms with Crippen LogP contribution in [0.1, 0.15) is 0 Å². The van der Waals surface area contributed by atoms with Crippen LogP contribution in [0.5, 0.6) is 5.75 Å². The normalized spacial score (nSPS) is 15.0. The number of methoxy groups -OCH3 is 1. The Morgan fingerprint density at radius 1 is 1.20 bits per heavy atom. The van der Waals surface area contributed by atoms with Crippen LogP contribution >= 0.6 is 0 Å². The van der Waals surface area contributed by atoms with Crippen LogP contribution < -0.4 is 14.5 Å². The quantitative estimate of drug-likeness (QED) is 0.730. The number of rotatable bonds is 3. The third-order valence-electron chi connectivity index (χ3n) is 4.49. The lowest BCUT2D eigenvalue weighted by molar-refractivity contribution is -0.117. The molecular formula is C18H19N5O2. The number of benzene rings is 1. The number of carbonyl (C=O) groups is 1. The van der Waals surface area contributed by atoms with Crippen molar-refractivity contribution in [3.63, 3.8) is 0 Å². The summed E-state index contributed by atoms with van der Waals surface area (Å²) in [5.41, 5.74) is 2.73. The van der Waals surface area contributed by atoms with Crippen molar-refractivity contribution in [3.05, 3.63) is 42.9 Å². The lowest BCUT2D eigenvalue weighted by atomic mass is 10.1. The Labute approximate surface area is 145 Å². The van der Waals surface area contributed by atoms with Gasteiger partial charge in [-0.25, -0.2) is 0 Å². The fourth-order valence-electron chi connectivity index (χ4n) is 3.21. The van der Waals surface area contributed by atoms with Gasteiger partial charge in [-0.05, 0) is 24.3 Å². The summed E-state index contributed by atoms with van der Waals surface area (Å²) in [6.07, 6.45) is 5.36. The van der Waals surface area contributed by atoms with Gasteiger partial charge in [0.2, 0.25) is 5.91 Å². The minimum Gasteiger partial charge on any atom is -0.497 e. The first kappa shape index (κ1) is 15.4. The van der Waals surface area contributed by atoms with Gasteiger partial charge in [0, 0.05) is 43.6 Å². The molecule has 25 heavy (non-hydrogen) atoms. The van der Waals surface area contributed by atoms with Crippen LogP contribution in [0.4, 0.5) is 11.4 Å². The lowest BCUT2D eigenvalue weighted by Gasteiger charge is -2.35. The second-order valence-corrected chi connectivity index (χ2v) is 6.05. The Hall–Kier alpha value is -3.09. The van der Waals surface area contributed by atoms with E-state index in [0.29, 0.717) is 13.1 Å². The molecule has 0 bridgehead atoms. The Kier molecular flexibility index (Phi) is 3.76. The Bertz CT molecular complexity index is 936. The summed E-state index contributed by atoms with van der Waals surface area (Å²) < 4.78 is 7.04. The molecule has 1 aliphatic rings. The van der Waals surface area contributed by atoms with Crippen molar-refractivity contribution in [2.24, 2.45) is 7.05 Å². The summed E-state index contributed by atoms with van der Waals surface area (Å²) in [7, 11) is 3.49. The van der Waals surface area contributed by atoms with Crippen LogP contribution in [-0.2, 0) is 11.8 Å². The van der Waals surface area contributed by atoms with Crippen molar-refractivity contribution in [2.45, 2.75) is 0 Å². The predicted molar refractivity (Wildman–Crippen MR) is 96.1 cm³/mol. The largest absolute Gasteiger partial charge is 0.497 e. The first-order chi connectivity index (χ1) is 12.2. The van der Waals surface area contributed by atoms with Crippen molar-refractivity contribution in [2.75, 3.05) is 36.5 Å². The molecule has 4 rings (SSSR count). The van der Waals surface area contributed by atoms with Gasteiger partial charge in [-0.1, -0.05) is 0 Å². The molecule has 1 fully saturated rings. The summed E-state index contributed by atoms with van der Waals surface area (Å²) in [6, 6.07) is 7.75. The van der Waals surface area contributed by atoms with Gasteiger partial charge < -0.3 is 14.5 Å². The first-order valence-corrected chi connectivity index (χ1v) is 8.12. The van der Waals surface area contributed by atoms with E-state index in [-0.39, 0.29) is 5.91 Å². The molecule has 0 saturated carbocycles. The molecule has 1 aromatic carbocycles. The first-order valence-electron chi connectivity index (χ1n) is 8.12. The standard InChI is InChI=1S/C18H19N5O2/c1-21-11-13(10-20-21)23-8-7-22(12-18(23)24)17-5-6-19-16-4-3-14(25-2)9-15(16)17/h3-6,9-11H,7-8,12H2,1-2H3. The number of ether oxygens (including phenoxy) is 1. The number of anilines is 2. The van der Waals surface area contributed by atoms with Crippen molar-refractivity contribution < 1.29 is 9.53 Å². The van der Waals surface area contributed by atoms with Gasteiger partial charge in [-0.3, -0.25) is 14.5 Å². The molecule has 128 valence electrons. The van der Waals surface area contributed by atoms with Crippen LogP contribution in [0.25, 0.3) is 10.9 Å². The summed E-state index contributed by atoms with van der Waals surface area (Å²) >= 11 is 0. The molecular weight excluding hydrogens is 318 g/mol. The van der Waals surface area contributed by atoms with Gasteiger partial charge in [0.25, 0.3) is 0 Å². The van der Waals surface area contributed by atoms with E-state index < -0.39 is 0 Å². The molecule has 0 unspecified atom stereocenters. The zero-order chi connectivity index (χ0) is 17.4. The molecule has 7 heteroatoms. The highest BCUT2D eigenvalue weighted by atomic mass is 16.5. The van der Waals surface area contributed by atoms with E-state index in [1.807, 2.05) is 37.5 Å². The maximum atomic E-state index is 12.7. The molecule has 1 saturated heterocycles. The van der Waals surface area contributed by atoms with Gasteiger partial charge in [0.05, 0.1) is 31.1 Å². The molecule has 0 N–H and O–H groups in total. The van der Waals surface area contributed by atoms with E-state index in [2.05, 4.69) is 15.0 Å². The van der Waals surface area contributed by atoms with Gasteiger partial charge in [0.15, 0.2) is 0 Å². The number of pyridine rings is 1. The van der Waals surface area contributed by atoms with Gasteiger partial charge in [-0.15, -0.1) is 0 Å². The molecule has 1 aliphatic heterocycles.